The van der Waals surface area contributed by atoms with Gasteiger partial charge < -0.3 is 10.2 Å². The molecule has 1 aliphatic rings. The number of carbonyl (C=O) groups excluding carboxylic acids is 2. The third kappa shape index (κ3) is 4.38. The molecule has 148 valence electrons. The van der Waals surface area contributed by atoms with Gasteiger partial charge in [0.25, 0.3) is 5.91 Å². The van der Waals surface area contributed by atoms with Crippen LogP contribution in [0.2, 0.25) is 0 Å². The van der Waals surface area contributed by atoms with Crippen molar-refractivity contribution in [2.75, 3.05) is 5.75 Å². The molecule has 2 amide bonds. The van der Waals surface area contributed by atoms with Crippen LogP contribution in [-0.2, 0) is 4.79 Å². The van der Waals surface area contributed by atoms with E-state index in [1.54, 1.807) is 23.1 Å². The lowest BCUT2D eigenvalue weighted by atomic mass is 10.1. The number of hydrogen-bond acceptors (Lipinski definition) is 3. The lowest BCUT2D eigenvalue weighted by Crippen LogP contribution is -2.49. The molecule has 1 fully saturated rings. The average molecular weight is 401 g/mol. The summed E-state index contributed by atoms with van der Waals surface area (Å²) in [7, 11) is 0. The van der Waals surface area contributed by atoms with Gasteiger partial charge in [0, 0.05) is 17.4 Å². The Kier molecular flexibility index (Phi) is 6.39. The molecule has 0 aliphatic carbocycles. The zero-order valence-corrected chi connectivity index (χ0v) is 17.1. The maximum Gasteiger partial charge on any atom is 0.255 e. The van der Waals surface area contributed by atoms with Gasteiger partial charge in [0.05, 0.1) is 0 Å². The third-order valence-corrected chi connectivity index (χ3v) is 6.26. The highest BCUT2D eigenvalue weighted by molar-refractivity contribution is 7.99. The van der Waals surface area contributed by atoms with Crippen LogP contribution in [0.15, 0.2) is 48.5 Å². The van der Waals surface area contributed by atoms with Crippen molar-refractivity contribution in [1.29, 1.82) is 0 Å². The number of carbonyl (C=O) groups is 2. The number of thioether (sulfide) groups is 1. The Labute approximate surface area is 169 Å². The van der Waals surface area contributed by atoms with Crippen LogP contribution in [-0.4, -0.2) is 34.6 Å². The molecule has 2 aromatic rings. The van der Waals surface area contributed by atoms with Crippen LogP contribution < -0.4 is 5.32 Å². The highest BCUT2D eigenvalue weighted by Crippen LogP contribution is 2.42. The first-order chi connectivity index (χ1) is 13.4. The van der Waals surface area contributed by atoms with Gasteiger partial charge in [-0.2, -0.15) is 0 Å². The van der Waals surface area contributed by atoms with Gasteiger partial charge in [0.1, 0.15) is 17.2 Å². The molecule has 0 radical (unpaired) electrons. The van der Waals surface area contributed by atoms with Gasteiger partial charge in [0.15, 0.2) is 0 Å². The highest BCUT2D eigenvalue weighted by Gasteiger charge is 2.42. The van der Waals surface area contributed by atoms with Crippen molar-refractivity contribution in [2.24, 2.45) is 0 Å². The third-order valence-electron chi connectivity index (χ3n) is 4.94. The van der Waals surface area contributed by atoms with E-state index < -0.39 is 11.4 Å². The highest BCUT2D eigenvalue weighted by atomic mass is 32.2. The van der Waals surface area contributed by atoms with E-state index in [9.17, 15) is 14.0 Å². The second-order valence-electron chi connectivity index (χ2n) is 7.16. The molecule has 0 saturated carbocycles. The molecule has 6 heteroatoms. The Balaban J connectivity index is 1.96. The van der Waals surface area contributed by atoms with E-state index >= 15 is 0 Å². The Hall–Kier alpha value is -2.34. The van der Waals surface area contributed by atoms with E-state index in [0.29, 0.717) is 16.9 Å². The minimum absolute atomic E-state index is 0.0293. The van der Waals surface area contributed by atoms with E-state index in [0.717, 1.165) is 12.0 Å². The molecule has 4 nitrogen and oxygen atoms in total. The van der Waals surface area contributed by atoms with E-state index in [4.69, 9.17) is 0 Å². The van der Waals surface area contributed by atoms with Crippen molar-refractivity contribution < 1.29 is 14.0 Å². The molecule has 28 heavy (non-hydrogen) atoms. The summed E-state index contributed by atoms with van der Waals surface area (Å²) in [5, 5.41) is 2.58. The first kappa shape index (κ1) is 20.4. The summed E-state index contributed by atoms with van der Waals surface area (Å²) >= 11 is 1.49. The van der Waals surface area contributed by atoms with Gasteiger partial charge in [-0.25, -0.2) is 4.39 Å². The molecule has 3 rings (SSSR count). The fourth-order valence-electron chi connectivity index (χ4n) is 3.24. The molecule has 1 N–H and O–H groups in total. The maximum atomic E-state index is 13.8. The summed E-state index contributed by atoms with van der Waals surface area (Å²) in [6.07, 6.45) is 0.810. The summed E-state index contributed by atoms with van der Waals surface area (Å²) in [6.45, 7) is 5.86. The molecule has 3 atom stereocenters. The second kappa shape index (κ2) is 8.78. The summed E-state index contributed by atoms with van der Waals surface area (Å²) < 4.78 is 13.8. The second-order valence-corrected chi connectivity index (χ2v) is 8.27. The van der Waals surface area contributed by atoms with Crippen LogP contribution in [0.3, 0.4) is 0 Å². The standard InChI is InChI=1S/C22H25FN2O2S/c1-4-15(3)24-20(26)19-13-28-22(17-9-6-10-18(23)12-17)25(19)21(27)16-8-5-7-14(2)11-16/h5-12,15,19,22H,4,13H2,1-3H3,(H,24,26)/t15-,19-,22-/m1/s1. The van der Waals surface area contributed by atoms with Crippen LogP contribution >= 0.6 is 11.8 Å². The van der Waals surface area contributed by atoms with Gasteiger partial charge in [-0.1, -0.05) is 36.8 Å². The molecule has 0 aromatic heterocycles. The largest absolute Gasteiger partial charge is 0.352 e. The van der Waals surface area contributed by atoms with Gasteiger partial charge in [-0.15, -0.1) is 11.8 Å². The predicted octanol–water partition coefficient (Wildman–Crippen LogP) is 4.31. The molecule has 0 unspecified atom stereocenters. The Bertz CT molecular complexity index is 873. The number of nitrogens with one attached hydrogen (secondary N) is 1. The van der Waals surface area contributed by atoms with Crippen LogP contribution in [0.4, 0.5) is 4.39 Å². The van der Waals surface area contributed by atoms with E-state index in [1.807, 2.05) is 39.0 Å². The van der Waals surface area contributed by atoms with Gasteiger partial charge >= 0.3 is 0 Å². The number of rotatable bonds is 5. The predicted molar refractivity (Wildman–Crippen MR) is 111 cm³/mol. The van der Waals surface area contributed by atoms with Gasteiger partial charge in [0.2, 0.25) is 5.91 Å². The summed E-state index contributed by atoms with van der Waals surface area (Å²) in [4.78, 5) is 27.9. The lowest BCUT2D eigenvalue weighted by Gasteiger charge is -2.30. The average Bonchev–Trinajstić information content (AvgIpc) is 3.12. The Morgan fingerprint density at radius 1 is 1.25 bits per heavy atom. The number of amides is 2. The number of halogens is 1. The minimum Gasteiger partial charge on any atom is -0.352 e. The number of aryl methyl sites for hydroxylation is 1. The first-order valence-corrected chi connectivity index (χ1v) is 10.5. The van der Waals surface area contributed by atoms with Crippen molar-refractivity contribution in [3.05, 3.63) is 71.0 Å². The number of nitrogens with zero attached hydrogens (tertiary/aromatic N) is 1. The SMILES string of the molecule is CC[C@@H](C)NC(=O)[C@H]1CS[C@H](c2cccc(F)c2)N1C(=O)c1cccc(C)c1. The van der Waals surface area contributed by atoms with Crippen molar-refractivity contribution in [2.45, 2.75) is 44.6 Å². The number of hydrogen-bond donors (Lipinski definition) is 1. The summed E-state index contributed by atoms with van der Waals surface area (Å²) in [5.41, 5.74) is 2.19. The van der Waals surface area contributed by atoms with Crippen LogP contribution in [0.25, 0.3) is 0 Å². The number of benzene rings is 2. The van der Waals surface area contributed by atoms with Crippen LogP contribution in [0.5, 0.6) is 0 Å². The topological polar surface area (TPSA) is 49.4 Å². The zero-order valence-electron chi connectivity index (χ0n) is 16.3. The van der Waals surface area contributed by atoms with Crippen LogP contribution in [0.1, 0.15) is 47.1 Å². The molecule has 0 bridgehead atoms. The first-order valence-electron chi connectivity index (χ1n) is 9.47. The zero-order chi connectivity index (χ0) is 20.3. The molecular formula is C22H25FN2O2S. The van der Waals surface area contributed by atoms with Gasteiger partial charge in [-0.3, -0.25) is 9.59 Å². The Morgan fingerprint density at radius 2 is 2.00 bits per heavy atom. The Morgan fingerprint density at radius 3 is 2.68 bits per heavy atom. The summed E-state index contributed by atoms with van der Waals surface area (Å²) in [5.74, 6) is -0.261. The molecule has 2 aromatic carbocycles. The van der Waals surface area contributed by atoms with E-state index in [-0.39, 0.29) is 23.7 Å². The van der Waals surface area contributed by atoms with Crippen molar-refractivity contribution in [3.63, 3.8) is 0 Å². The van der Waals surface area contributed by atoms with Crippen LogP contribution in [0, 0.1) is 12.7 Å². The van der Waals surface area contributed by atoms with Crippen molar-refractivity contribution in [3.8, 4) is 0 Å². The fraction of sp³-hybridized carbons (Fsp3) is 0.364. The molecule has 1 aliphatic heterocycles. The molecule has 1 heterocycles. The minimum atomic E-state index is -0.597. The summed E-state index contributed by atoms with van der Waals surface area (Å²) in [6, 6.07) is 13.0. The van der Waals surface area contributed by atoms with E-state index in [1.165, 1.54) is 23.9 Å². The quantitative estimate of drug-likeness (QED) is 0.814. The van der Waals surface area contributed by atoms with E-state index in [2.05, 4.69) is 5.32 Å². The lowest BCUT2D eigenvalue weighted by molar-refractivity contribution is -0.125. The molecular weight excluding hydrogens is 375 g/mol. The normalized spacial score (nSPS) is 20.1. The molecule has 0 spiro atoms. The molecule has 1 saturated heterocycles. The smallest absolute Gasteiger partial charge is 0.255 e. The fourth-order valence-corrected chi connectivity index (χ4v) is 4.66. The van der Waals surface area contributed by atoms with Crippen molar-refractivity contribution in [1.82, 2.24) is 10.2 Å². The monoisotopic (exact) mass is 400 g/mol. The van der Waals surface area contributed by atoms with Crippen molar-refractivity contribution >= 4 is 23.6 Å². The van der Waals surface area contributed by atoms with Gasteiger partial charge in [-0.05, 0) is 50.1 Å². The maximum absolute atomic E-state index is 13.8.